The molecule has 2 heterocycles. The van der Waals surface area contributed by atoms with E-state index in [-0.39, 0.29) is 0 Å². The molecule has 1 fully saturated rings. The zero-order chi connectivity index (χ0) is 12.9. The van der Waals surface area contributed by atoms with Crippen LogP contribution in [0.5, 0.6) is 0 Å². The summed E-state index contributed by atoms with van der Waals surface area (Å²) < 4.78 is 0. The van der Waals surface area contributed by atoms with Crippen LogP contribution >= 0.6 is 11.3 Å². The summed E-state index contributed by atoms with van der Waals surface area (Å²) >= 11 is 1.66. The number of fused-ring (bicyclic) bond motifs is 1. The molecule has 18 heavy (non-hydrogen) atoms. The second-order valence-corrected chi connectivity index (χ2v) is 7.01. The van der Waals surface area contributed by atoms with E-state index in [2.05, 4.69) is 42.1 Å². The molecule has 0 bridgehead atoms. The Hall–Kier alpha value is -1.36. The fraction of sp³-hybridized carbons (Fsp3) is 0.538. The molecule has 0 spiro atoms. The molecule has 1 aliphatic rings. The summed E-state index contributed by atoms with van der Waals surface area (Å²) in [5.41, 5.74) is 6.24. The van der Waals surface area contributed by atoms with E-state index in [1.807, 2.05) is 0 Å². The lowest BCUT2D eigenvalue weighted by atomic mass is 10.1. The molecular weight excluding hydrogens is 244 g/mol. The Kier molecular flexibility index (Phi) is 2.48. The van der Waals surface area contributed by atoms with Gasteiger partial charge in [-0.2, -0.15) is 4.98 Å². The molecule has 96 valence electrons. The maximum absolute atomic E-state index is 5.75. The first-order valence-electron chi connectivity index (χ1n) is 6.23. The largest absolute Gasteiger partial charge is 0.369 e. The lowest BCUT2D eigenvalue weighted by Gasteiger charge is -2.08. The molecular formula is C13H18N4S. The van der Waals surface area contributed by atoms with Crippen molar-refractivity contribution in [1.29, 1.82) is 0 Å². The van der Waals surface area contributed by atoms with Gasteiger partial charge in [-0.25, -0.2) is 4.98 Å². The first kappa shape index (κ1) is 11.7. The fourth-order valence-corrected chi connectivity index (χ4v) is 3.22. The van der Waals surface area contributed by atoms with Crippen LogP contribution in [0.4, 0.5) is 11.8 Å². The van der Waals surface area contributed by atoms with Gasteiger partial charge >= 0.3 is 0 Å². The van der Waals surface area contributed by atoms with Crippen molar-refractivity contribution in [3.05, 3.63) is 10.9 Å². The Morgan fingerprint density at radius 2 is 2.22 bits per heavy atom. The lowest BCUT2D eigenvalue weighted by Crippen LogP contribution is -2.09. The van der Waals surface area contributed by atoms with Crippen molar-refractivity contribution in [2.75, 3.05) is 17.6 Å². The minimum Gasteiger partial charge on any atom is -0.369 e. The molecule has 3 rings (SSSR count). The number of rotatable bonds is 3. The van der Waals surface area contributed by atoms with E-state index in [0.29, 0.717) is 11.4 Å². The molecule has 2 aromatic heterocycles. The Labute approximate surface area is 111 Å². The highest BCUT2D eigenvalue weighted by Gasteiger charge is 2.45. The van der Waals surface area contributed by atoms with Crippen LogP contribution in [0.15, 0.2) is 6.07 Å². The van der Waals surface area contributed by atoms with Crippen molar-refractivity contribution >= 4 is 33.3 Å². The van der Waals surface area contributed by atoms with Gasteiger partial charge < -0.3 is 11.1 Å². The van der Waals surface area contributed by atoms with Gasteiger partial charge in [0.25, 0.3) is 0 Å². The molecule has 1 atom stereocenters. The van der Waals surface area contributed by atoms with Gasteiger partial charge in [0.15, 0.2) is 0 Å². The summed E-state index contributed by atoms with van der Waals surface area (Å²) in [4.78, 5) is 10.8. The minimum atomic E-state index is 0.349. The van der Waals surface area contributed by atoms with Crippen LogP contribution in [0.3, 0.4) is 0 Å². The van der Waals surface area contributed by atoms with Crippen molar-refractivity contribution in [1.82, 2.24) is 9.97 Å². The van der Waals surface area contributed by atoms with Gasteiger partial charge in [0.05, 0.1) is 5.39 Å². The first-order chi connectivity index (χ1) is 8.45. The molecule has 0 radical (unpaired) electrons. The van der Waals surface area contributed by atoms with E-state index >= 15 is 0 Å². The highest BCUT2D eigenvalue weighted by Crippen LogP contribution is 2.51. The molecule has 1 unspecified atom stereocenters. The van der Waals surface area contributed by atoms with Crippen LogP contribution in [0.1, 0.15) is 25.1 Å². The van der Waals surface area contributed by atoms with E-state index in [9.17, 15) is 0 Å². The molecule has 2 aromatic rings. The van der Waals surface area contributed by atoms with Gasteiger partial charge in [-0.05, 0) is 30.7 Å². The summed E-state index contributed by atoms with van der Waals surface area (Å²) in [7, 11) is 0. The van der Waals surface area contributed by atoms with Crippen LogP contribution in [-0.2, 0) is 0 Å². The number of aryl methyl sites for hydroxylation is 1. The van der Waals surface area contributed by atoms with Crippen molar-refractivity contribution in [2.45, 2.75) is 27.2 Å². The summed E-state index contributed by atoms with van der Waals surface area (Å²) in [5.74, 6) is 1.97. The first-order valence-corrected chi connectivity index (χ1v) is 7.05. The van der Waals surface area contributed by atoms with Gasteiger partial charge in [-0.3, -0.25) is 0 Å². The fourth-order valence-electron chi connectivity index (χ4n) is 2.34. The van der Waals surface area contributed by atoms with Crippen LogP contribution < -0.4 is 11.1 Å². The van der Waals surface area contributed by atoms with E-state index < -0.39 is 0 Å². The van der Waals surface area contributed by atoms with E-state index in [1.165, 1.54) is 11.3 Å². The molecule has 0 aliphatic heterocycles. The standard InChI is InChI=1S/C13H18N4S/c1-7-4-9-10(15-6-8-5-13(8,2)3)16-12(14)17-11(9)18-7/h4,8H,5-6H2,1-3H3,(H3,14,15,16,17). The number of nitrogen functional groups attached to an aromatic ring is 1. The van der Waals surface area contributed by atoms with Gasteiger partial charge in [0.1, 0.15) is 10.6 Å². The number of aromatic nitrogens is 2. The number of hydrogen-bond donors (Lipinski definition) is 2. The average molecular weight is 262 g/mol. The van der Waals surface area contributed by atoms with Crippen molar-refractivity contribution in [2.24, 2.45) is 11.3 Å². The normalized spacial score (nSPS) is 21.2. The number of nitrogens with zero attached hydrogens (tertiary/aromatic N) is 2. The van der Waals surface area contributed by atoms with Gasteiger partial charge in [0.2, 0.25) is 5.95 Å². The zero-order valence-corrected chi connectivity index (χ0v) is 11.8. The van der Waals surface area contributed by atoms with Crippen LogP contribution in [0, 0.1) is 18.3 Å². The summed E-state index contributed by atoms with van der Waals surface area (Å²) in [5, 5.41) is 4.52. The molecule has 0 amide bonds. The number of hydrogen-bond acceptors (Lipinski definition) is 5. The third-order valence-electron chi connectivity index (χ3n) is 3.77. The Bertz CT molecular complexity index is 602. The quantitative estimate of drug-likeness (QED) is 0.892. The van der Waals surface area contributed by atoms with E-state index in [1.54, 1.807) is 11.3 Å². The second-order valence-electron chi connectivity index (χ2n) is 5.78. The average Bonchev–Trinajstić information content (AvgIpc) is 2.69. The van der Waals surface area contributed by atoms with Gasteiger partial charge in [-0.1, -0.05) is 13.8 Å². The number of anilines is 2. The van der Waals surface area contributed by atoms with Crippen molar-refractivity contribution < 1.29 is 0 Å². The molecule has 0 saturated heterocycles. The second kappa shape index (κ2) is 3.82. The zero-order valence-electron chi connectivity index (χ0n) is 10.9. The third-order valence-corrected chi connectivity index (χ3v) is 4.71. The van der Waals surface area contributed by atoms with E-state index in [4.69, 9.17) is 5.73 Å². The number of nitrogens with one attached hydrogen (secondary N) is 1. The van der Waals surface area contributed by atoms with Crippen molar-refractivity contribution in [3.63, 3.8) is 0 Å². The molecule has 4 nitrogen and oxygen atoms in total. The molecule has 0 aromatic carbocycles. The topological polar surface area (TPSA) is 63.8 Å². The minimum absolute atomic E-state index is 0.349. The molecule has 5 heteroatoms. The van der Waals surface area contributed by atoms with E-state index in [0.717, 1.165) is 28.5 Å². The maximum Gasteiger partial charge on any atom is 0.223 e. The predicted molar refractivity (Wildman–Crippen MR) is 76.9 cm³/mol. The lowest BCUT2D eigenvalue weighted by molar-refractivity contribution is 0.573. The van der Waals surface area contributed by atoms with Gasteiger partial charge in [0, 0.05) is 11.4 Å². The van der Waals surface area contributed by atoms with Gasteiger partial charge in [-0.15, -0.1) is 11.3 Å². The Morgan fingerprint density at radius 1 is 1.50 bits per heavy atom. The number of thiophene rings is 1. The monoisotopic (exact) mass is 262 g/mol. The smallest absolute Gasteiger partial charge is 0.223 e. The number of nitrogens with two attached hydrogens (primary N) is 1. The molecule has 3 N–H and O–H groups in total. The summed E-state index contributed by atoms with van der Waals surface area (Å²) in [6.07, 6.45) is 1.28. The summed E-state index contributed by atoms with van der Waals surface area (Å²) in [6, 6.07) is 2.12. The maximum atomic E-state index is 5.75. The highest BCUT2D eigenvalue weighted by atomic mass is 32.1. The molecule has 1 aliphatic carbocycles. The van der Waals surface area contributed by atoms with Crippen LogP contribution in [0.25, 0.3) is 10.2 Å². The van der Waals surface area contributed by atoms with Crippen molar-refractivity contribution in [3.8, 4) is 0 Å². The highest BCUT2D eigenvalue weighted by molar-refractivity contribution is 7.18. The van der Waals surface area contributed by atoms with Crippen LogP contribution in [0.2, 0.25) is 0 Å². The Morgan fingerprint density at radius 3 is 2.89 bits per heavy atom. The summed E-state index contributed by atoms with van der Waals surface area (Å²) in [6.45, 7) is 7.65. The third kappa shape index (κ3) is 2.03. The molecule has 1 saturated carbocycles. The SMILES string of the molecule is Cc1cc2c(NCC3CC3(C)C)nc(N)nc2s1. The van der Waals surface area contributed by atoms with Crippen LogP contribution in [-0.4, -0.2) is 16.5 Å². The predicted octanol–water partition coefficient (Wildman–Crippen LogP) is 3.04. The Balaban J connectivity index is 1.86.